The second-order valence-corrected chi connectivity index (χ2v) is 4.55. The molecule has 0 amide bonds. The van der Waals surface area contributed by atoms with Gasteiger partial charge in [0.1, 0.15) is 0 Å². The lowest BCUT2D eigenvalue weighted by atomic mass is 10.1. The Morgan fingerprint density at radius 2 is 1.73 bits per heavy atom. The van der Waals surface area contributed by atoms with E-state index in [1.165, 1.54) is 0 Å². The van der Waals surface area contributed by atoms with Crippen molar-refractivity contribution in [2.24, 2.45) is 0 Å². The maximum Gasteiger partial charge on any atom is 0.391 e. The quantitative estimate of drug-likeness (QED) is 0.845. The lowest BCUT2D eigenvalue weighted by Crippen LogP contribution is -2.21. The van der Waals surface area contributed by atoms with Crippen LogP contribution in [0.5, 0.6) is 0 Å². The Hall–Kier alpha value is -0.300. The van der Waals surface area contributed by atoms with Gasteiger partial charge in [-0.15, -0.1) is 0 Å². The highest BCUT2D eigenvalue weighted by molar-refractivity contribution is 14.1. The summed E-state index contributed by atoms with van der Waals surface area (Å²) in [4.78, 5) is 0. The van der Waals surface area contributed by atoms with E-state index < -0.39 is 18.7 Å². The van der Waals surface area contributed by atoms with E-state index >= 15 is 0 Å². The lowest BCUT2D eigenvalue weighted by molar-refractivity contribution is -0.153. The molecule has 0 aliphatic carbocycles. The molecule has 1 rings (SSSR count). The molecular formula is C10H10F3IO. The summed E-state index contributed by atoms with van der Waals surface area (Å²) in [5, 5.41) is 9.19. The first kappa shape index (κ1) is 12.8. The fourth-order valence-corrected chi connectivity index (χ4v) is 1.59. The molecule has 1 unspecified atom stereocenters. The Kier molecular flexibility index (Phi) is 4.39. The molecule has 0 saturated carbocycles. The zero-order valence-corrected chi connectivity index (χ0v) is 9.92. The van der Waals surface area contributed by atoms with Crippen molar-refractivity contribution in [2.45, 2.75) is 25.1 Å². The van der Waals surface area contributed by atoms with Crippen LogP contribution >= 0.6 is 22.6 Å². The Morgan fingerprint density at radius 3 is 2.20 bits per heavy atom. The van der Waals surface area contributed by atoms with Gasteiger partial charge in [0, 0.05) is 3.57 Å². The van der Waals surface area contributed by atoms with Crippen LogP contribution in [0, 0.1) is 3.57 Å². The first-order valence-electron chi connectivity index (χ1n) is 4.36. The molecule has 1 nitrogen and oxygen atoms in total. The Bertz CT molecular complexity index is 307. The number of benzene rings is 1. The van der Waals surface area contributed by atoms with Gasteiger partial charge in [0.25, 0.3) is 0 Å². The first-order valence-corrected chi connectivity index (χ1v) is 5.44. The third-order valence-electron chi connectivity index (χ3n) is 1.85. The van der Waals surface area contributed by atoms with Crippen molar-refractivity contribution >= 4 is 22.6 Å². The standard InChI is InChI=1S/C10H10F3IO/c11-10(12,13)6-9(15)5-7-1-3-8(14)4-2-7/h1-4,9,15H,5-6H2. The van der Waals surface area contributed by atoms with Gasteiger partial charge in [0.15, 0.2) is 0 Å². The van der Waals surface area contributed by atoms with Gasteiger partial charge in [0.05, 0.1) is 12.5 Å². The predicted molar refractivity (Wildman–Crippen MR) is 59.5 cm³/mol. The van der Waals surface area contributed by atoms with Gasteiger partial charge in [-0.2, -0.15) is 13.2 Å². The molecule has 0 spiro atoms. The molecule has 0 aromatic heterocycles. The van der Waals surface area contributed by atoms with Crippen LogP contribution in [-0.4, -0.2) is 17.4 Å². The molecule has 1 aromatic rings. The maximum atomic E-state index is 11.9. The Morgan fingerprint density at radius 1 is 1.20 bits per heavy atom. The number of alkyl halides is 3. The van der Waals surface area contributed by atoms with E-state index in [4.69, 9.17) is 0 Å². The number of hydrogen-bond acceptors (Lipinski definition) is 1. The molecule has 0 heterocycles. The highest BCUT2D eigenvalue weighted by atomic mass is 127. The number of aliphatic hydroxyl groups excluding tert-OH is 1. The van der Waals surface area contributed by atoms with Crippen LogP contribution in [-0.2, 0) is 6.42 Å². The first-order chi connectivity index (χ1) is 6.87. The molecule has 1 atom stereocenters. The fourth-order valence-electron chi connectivity index (χ4n) is 1.23. The summed E-state index contributed by atoms with van der Waals surface area (Å²) in [5.41, 5.74) is 0.715. The normalized spacial score (nSPS) is 13.9. The van der Waals surface area contributed by atoms with Gasteiger partial charge in [-0.05, 0) is 46.7 Å². The van der Waals surface area contributed by atoms with Gasteiger partial charge in [-0.3, -0.25) is 0 Å². The van der Waals surface area contributed by atoms with E-state index in [1.807, 2.05) is 0 Å². The van der Waals surface area contributed by atoms with E-state index in [1.54, 1.807) is 24.3 Å². The summed E-state index contributed by atoms with van der Waals surface area (Å²) < 4.78 is 36.8. The van der Waals surface area contributed by atoms with Gasteiger partial charge >= 0.3 is 6.18 Å². The Balaban J connectivity index is 2.51. The van der Waals surface area contributed by atoms with Crippen molar-refractivity contribution in [1.29, 1.82) is 0 Å². The zero-order chi connectivity index (χ0) is 11.5. The van der Waals surface area contributed by atoms with E-state index in [0.29, 0.717) is 5.56 Å². The van der Waals surface area contributed by atoms with Crippen LogP contribution in [0.1, 0.15) is 12.0 Å². The molecule has 0 radical (unpaired) electrons. The monoisotopic (exact) mass is 330 g/mol. The van der Waals surface area contributed by atoms with Crippen molar-refractivity contribution in [1.82, 2.24) is 0 Å². The minimum Gasteiger partial charge on any atom is -0.392 e. The summed E-state index contributed by atoms with van der Waals surface area (Å²) in [5.74, 6) is 0. The summed E-state index contributed by atoms with van der Waals surface area (Å²) in [7, 11) is 0. The summed E-state index contributed by atoms with van der Waals surface area (Å²) in [6.07, 6.45) is -6.78. The van der Waals surface area contributed by atoms with E-state index in [0.717, 1.165) is 3.57 Å². The fraction of sp³-hybridized carbons (Fsp3) is 0.400. The number of halogens is 4. The summed E-state index contributed by atoms with van der Waals surface area (Å²) >= 11 is 2.11. The largest absolute Gasteiger partial charge is 0.392 e. The summed E-state index contributed by atoms with van der Waals surface area (Å²) in [6.45, 7) is 0. The molecule has 15 heavy (non-hydrogen) atoms. The van der Waals surface area contributed by atoms with Crippen LogP contribution in [0.15, 0.2) is 24.3 Å². The smallest absolute Gasteiger partial charge is 0.391 e. The van der Waals surface area contributed by atoms with Crippen molar-refractivity contribution in [3.05, 3.63) is 33.4 Å². The highest BCUT2D eigenvalue weighted by Crippen LogP contribution is 2.23. The molecule has 0 aliphatic heterocycles. The molecular weight excluding hydrogens is 320 g/mol. The van der Waals surface area contributed by atoms with E-state index in [2.05, 4.69) is 22.6 Å². The van der Waals surface area contributed by atoms with Crippen LogP contribution in [0.25, 0.3) is 0 Å². The third kappa shape index (κ3) is 5.36. The predicted octanol–water partition coefficient (Wildman–Crippen LogP) is 3.15. The molecule has 1 N–H and O–H groups in total. The average Bonchev–Trinajstić information content (AvgIpc) is 2.05. The van der Waals surface area contributed by atoms with Crippen molar-refractivity contribution in [2.75, 3.05) is 0 Å². The molecule has 0 fully saturated rings. The second-order valence-electron chi connectivity index (χ2n) is 3.30. The maximum absolute atomic E-state index is 11.9. The van der Waals surface area contributed by atoms with Gasteiger partial charge in [-0.25, -0.2) is 0 Å². The van der Waals surface area contributed by atoms with Gasteiger partial charge in [-0.1, -0.05) is 12.1 Å². The van der Waals surface area contributed by atoms with E-state index in [-0.39, 0.29) is 6.42 Å². The SMILES string of the molecule is OC(Cc1ccc(I)cc1)CC(F)(F)F. The number of aliphatic hydroxyl groups is 1. The van der Waals surface area contributed by atoms with E-state index in [9.17, 15) is 18.3 Å². The van der Waals surface area contributed by atoms with Crippen molar-refractivity contribution < 1.29 is 18.3 Å². The molecule has 0 saturated heterocycles. The lowest BCUT2D eigenvalue weighted by Gasteiger charge is -2.12. The van der Waals surface area contributed by atoms with Crippen LogP contribution in [0.3, 0.4) is 0 Å². The van der Waals surface area contributed by atoms with Gasteiger partial charge in [0.2, 0.25) is 0 Å². The van der Waals surface area contributed by atoms with Crippen LogP contribution in [0.4, 0.5) is 13.2 Å². The number of rotatable bonds is 3. The minimum atomic E-state index is -4.30. The molecule has 84 valence electrons. The van der Waals surface area contributed by atoms with Gasteiger partial charge < -0.3 is 5.11 Å². The van der Waals surface area contributed by atoms with Crippen LogP contribution < -0.4 is 0 Å². The van der Waals surface area contributed by atoms with Crippen molar-refractivity contribution in [3.8, 4) is 0 Å². The molecule has 0 aliphatic rings. The molecule has 1 aromatic carbocycles. The molecule has 0 bridgehead atoms. The average molecular weight is 330 g/mol. The summed E-state index contributed by atoms with van der Waals surface area (Å²) in [6, 6.07) is 7.05. The highest BCUT2D eigenvalue weighted by Gasteiger charge is 2.30. The van der Waals surface area contributed by atoms with Crippen LogP contribution in [0.2, 0.25) is 0 Å². The third-order valence-corrected chi connectivity index (χ3v) is 2.57. The minimum absolute atomic E-state index is 0.0381. The second kappa shape index (κ2) is 5.16. The molecule has 5 heteroatoms. The zero-order valence-electron chi connectivity index (χ0n) is 7.76. The topological polar surface area (TPSA) is 20.2 Å². The Labute approximate surface area is 99.4 Å². The van der Waals surface area contributed by atoms with Crippen molar-refractivity contribution in [3.63, 3.8) is 0 Å². The number of hydrogen-bond donors (Lipinski definition) is 1.